The Morgan fingerprint density at radius 3 is 2.33 bits per heavy atom. The van der Waals surface area contributed by atoms with Crippen molar-refractivity contribution < 1.29 is 47.7 Å². The average molecular weight is 630 g/mol. The zero-order valence-electron chi connectivity index (χ0n) is 28.1. The first kappa shape index (κ1) is 33.4. The molecule has 0 aromatic heterocycles. The Morgan fingerprint density at radius 2 is 1.73 bits per heavy atom. The summed E-state index contributed by atoms with van der Waals surface area (Å²) in [6.45, 7) is 17.6. The second-order valence-corrected chi connectivity index (χ2v) is 15.7. The highest BCUT2D eigenvalue weighted by Crippen LogP contribution is 2.65. The highest BCUT2D eigenvalue weighted by Gasteiger charge is 2.67. The summed E-state index contributed by atoms with van der Waals surface area (Å²) in [5.41, 5.74) is -1.33. The van der Waals surface area contributed by atoms with Crippen LogP contribution in [0.2, 0.25) is 6.32 Å². The van der Waals surface area contributed by atoms with E-state index in [0.717, 1.165) is 12.8 Å². The molecule has 1 amide bonds. The number of carbonyl (C=O) groups excluding carboxylic acids is 2. The molecular weight excluding hydrogens is 581 g/mol. The van der Waals surface area contributed by atoms with E-state index in [4.69, 9.17) is 28.3 Å². The van der Waals surface area contributed by atoms with Crippen molar-refractivity contribution in [1.82, 2.24) is 4.90 Å². The number of carbonyl (C=O) groups is 3. The van der Waals surface area contributed by atoms with Crippen LogP contribution < -0.4 is 9.47 Å². The Morgan fingerprint density at radius 1 is 1.04 bits per heavy atom. The molecule has 6 rings (SSSR count). The van der Waals surface area contributed by atoms with Crippen LogP contribution in [-0.2, 0) is 25.2 Å². The van der Waals surface area contributed by atoms with Gasteiger partial charge in [0.15, 0.2) is 5.75 Å². The summed E-state index contributed by atoms with van der Waals surface area (Å²) in [6.07, 6.45) is 0.923. The van der Waals surface area contributed by atoms with E-state index in [0.29, 0.717) is 43.1 Å². The number of rotatable bonds is 7. The number of nitrogens with zero attached hydrogens (tertiary/aromatic N) is 1. The molecule has 45 heavy (non-hydrogen) atoms. The van der Waals surface area contributed by atoms with Gasteiger partial charge in [-0.1, -0.05) is 19.9 Å². The first-order valence-corrected chi connectivity index (χ1v) is 16.0. The van der Waals surface area contributed by atoms with Crippen LogP contribution in [0.1, 0.15) is 97.5 Å². The lowest BCUT2D eigenvalue weighted by atomic mass is 9.43. The summed E-state index contributed by atoms with van der Waals surface area (Å²) in [7, 11) is -0.453. The Labute approximate surface area is 266 Å². The smallest absolute Gasteiger partial charge is 0.487 e. The molecule has 5 fully saturated rings. The SMILES string of the molecule is CC(C)(C)OC(=O)Oc1c(CCB2O[C@@H]3C[C@@H]4C[C@@H](C4(C)C)[C@]3(C)O2)ccc(O[C@H]2CCN(C(=O)O)C2)c1C(=O)OC(C)(C)C. The fourth-order valence-electron chi connectivity index (χ4n) is 7.42. The predicted octanol–water partition coefficient (Wildman–Crippen LogP) is 6.36. The van der Waals surface area contributed by atoms with Crippen LogP contribution in [0.3, 0.4) is 0 Å². The highest BCUT2D eigenvalue weighted by molar-refractivity contribution is 6.45. The number of aryl methyl sites for hydroxylation is 1. The number of carboxylic acid groups (broad SMARTS) is 1. The minimum atomic E-state index is -1.04. The van der Waals surface area contributed by atoms with Gasteiger partial charge in [-0.15, -0.1) is 0 Å². The number of esters is 1. The van der Waals surface area contributed by atoms with Crippen molar-refractivity contribution in [3.63, 3.8) is 0 Å². The van der Waals surface area contributed by atoms with Crippen molar-refractivity contribution in [3.8, 4) is 11.5 Å². The first-order valence-electron chi connectivity index (χ1n) is 16.0. The van der Waals surface area contributed by atoms with Crippen LogP contribution in [-0.4, -0.2) is 77.4 Å². The molecule has 0 radical (unpaired) electrons. The van der Waals surface area contributed by atoms with Crippen molar-refractivity contribution in [2.45, 2.75) is 123 Å². The molecule has 5 aliphatic rings. The zero-order valence-corrected chi connectivity index (χ0v) is 28.1. The van der Waals surface area contributed by atoms with Gasteiger partial charge in [-0.25, -0.2) is 14.4 Å². The van der Waals surface area contributed by atoms with Gasteiger partial charge in [-0.05, 0) is 103 Å². The molecule has 0 spiro atoms. The summed E-state index contributed by atoms with van der Waals surface area (Å²) >= 11 is 0. The minimum Gasteiger partial charge on any atom is -0.487 e. The van der Waals surface area contributed by atoms with Crippen LogP contribution >= 0.6 is 0 Å². The molecule has 5 atom stereocenters. The summed E-state index contributed by atoms with van der Waals surface area (Å²) in [4.78, 5) is 39.5. The molecule has 3 saturated carbocycles. The molecule has 2 bridgehead atoms. The molecule has 3 aliphatic carbocycles. The topological polar surface area (TPSA) is 130 Å². The quantitative estimate of drug-likeness (QED) is 0.207. The Balaban J connectivity index is 1.44. The molecule has 11 nitrogen and oxygen atoms in total. The Bertz CT molecular complexity index is 1330. The number of ether oxygens (including phenoxy) is 4. The third-order valence-electron chi connectivity index (χ3n) is 9.74. The highest BCUT2D eigenvalue weighted by atomic mass is 16.7. The zero-order chi connectivity index (χ0) is 33.1. The Hall–Kier alpha value is -2.99. The van der Waals surface area contributed by atoms with Crippen LogP contribution in [0.25, 0.3) is 0 Å². The van der Waals surface area contributed by atoms with E-state index >= 15 is 0 Å². The number of benzene rings is 1. The van der Waals surface area contributed by atoms with Crippen LogP contribution in [0, 0.1) is 17.3 Å². The third kappa shape index (κ3) is 6.92. The summed E-state index contributed by atoms with van der Waals surface area (Å²) in [5, 5.41) is 9.42. The molecule has 2 saturated heterocycles. The van der Waals surface area contributed by atoms with Gasteiger partial charge < -0.3 is 38.3 Å². The van der Waals surface area contributed by atoms with E-state index in [1.54, 1.807) is 53.7 Å². The van der Waals surface area contributed by atoms with Gasteiger partial charge in [0, 0.05) is 13.0 Å². The average Bonchev–Trinajstić information content (AvgIpc) is 3.49. The molecule has 0 unspecified atom stereocenters. The van der Waals surface area contributed by atoms with Crippen molar-refractivity contribution >= 4 is 25.3 Å². The number of likely N-dealkylation sites (tertiary alicyclic amines) is 1. The summed E-state index contributed by atoms with van der Waals surface area (Å²) in [5.74, 6) is 0.433. The predicted molar refractivity (Wildman–Crippen MR) is 166 cm³/mol. The molecule has 2 heterocycles. The van der Waals surface area contributed by atoms with Gasteiger partial charge in [0.25, 0.3) is 0 Å². The molecular formula is C33H48BNO10. The van der Waals surface area contributed by atoms with Gasteiger partial charge in [-0.3, -0.25) is 0 Å². The second kappa shape index (κ2) is 11.7. The number of hydrogen-bond acceptors (Lipinski definition) is 9. The standard InChI is InChI=1S/C33H48BNO10/c1-30(2,3)42-27(36)25-22(40-21-13-15-35(18-21)28(37)38)11-10-19(26(25)41-29(39)43-31(4,5)6)12-14-34-44-24-17-20-16-23(32(20,7)8)33(24,9)45-34/h10-11,20-21,23-24H,12-18H2,1-9H3,(H,37,38)/t20-,21-,23-,24+,33-/m0/s1. The maximum absolute atomic E-state index is 13.8. The lowest BCUT2D eigenvalue weighted by molar-refractivity contribution is -0.199. The molecule has 1 N–H and O–H groups in total. The molecule has 2 aliphatic heterocycles. The third-order valence-corrected chi connectivity index (χ3v) is 9.74. The van der Waals surface area contributed by atoms with Crippen LogP contribution in [0.4, 0.5) is 9.59 Å². The lowest BCUT2D eigenvalue weighted by Gasteiger charge is -2.64. The first-order chi connectivity index (χ1) is 20.8. The monoisotopic (exact) mass is 629 g/mol. The largest absolute Gasteiger partial charge is 0.514 e. The van der Waals surface area contributed by atoms with Crippen molar-refractivity contribution in [2.75, 3.05) is 13.1 Å². The summed E-state index contributed by atoms with van der Waals surface area (Å²) < 4.78 is 36.3. The van der Waals surface area contributed by atoms with Crippen LogP contribution in [0.5, 0.6) is 11.5 Å². The normalized spacial score (nSPS) is 28.6. The number of hydrogen-bond donors (Lipinski definition) is 1. The van der Waals surface area contributed by atoms with Crippen molar-refractivity contribution in [3.05, 3.63) is 23.3 Å². The van der Waals surface area contributed by atoms with E-state index in [9.17, 15) is 19.5 Å². The molecule has 1 aromatic carbocycles. The fraction of sp³-hybridized carbons (Fsp3) is 0.727. The van der Waals surface area contributed by atoms with Gasteiger partial charge in [-0.2, -0.15) is 0 Å². The van der Waals surface area contributed by atoms with Gasteiger partial charge in [0.05, 0.1) is 18.2 Å². The maximum Gasteiger partial charge on any atom is 0.514 e. The summed E-state index contributed by atoms with van der Waals surface area (Å²) in [6, 6.07) is 3.39. The Kier molecular flexibility index (Phi) is 8.66. The van der Waals surface area contributed by atoms with Crippen molar-refractivity contribution in [2.24, 2.45) is 17.3 Å². The van der Waals surface area contributed by atoms with E-state index in [1.165, 1.54) is 4.90 Å². The second-order valence-electron chi connectivity index (χ2n) is 15.7. The van der Waals surface area contributed by atoms with E-state index in [-0.39, 0.29) is 40.7 Å². The van der Waals surface area contributed by atoms with E-state index in [2.05, 4.69) is 20.8 Å². The molecule has 1 aromatic rings. The molecule has 248 valence electrons. The fourth-order valence-corrected chi connectivity index (χ4v) is 7.42. The van der Waals surface area contributed by atoms with Gasteiger partial charge in [0.2, 0.25) is 0 Å². The maximum atomic E-state index is 13.8. The van der Waals surface area contributed by atoms with Gasteiger partial charge >= 0.3 is 25.3 Å². The minimum absolute atomic E-state index is 0.0193. The number of amides is 1. The van der Waals surface area contributed by atoms with E-state index in [1.807, 2.05) is 0 Å². The lowest BCUT2D eigenvalue weighted by Crippen LogP contribution is -2.65. The van der Waals surface area contributed by atoms with Crippen molar-refractivity contribution in [1.29, 1.82) is 0 Å². The van der Waals surface area contributed by atoms with Crippen LogP contribution in [0.15, 0.2) is 12.1 Å². The van der Waals surface area contributed by atoms with Gasteiger partial charge in [0.1, 0.15) is 28.6 Å². The van der Waals surface area contributed by atoms with E-state index < -0.39 is 42.6 Å². The molecule has 12 heteroatoms.